The lowest BCUT2D eigenvalue weighted by atomic mass is 10.1. The normalized spacial score (nSPS) is 10.3. The van der Waals surface area contributed by atoms with E-state index in [0.29, 0.717) is 29.2 Å². The van der Waals surface area contributed by atoms with E-state index in [1.807, 2.05) is 66.7 Å². The number of hydrogen-bond donors (Lipinski definition) is 1. The molecule has 3 aromatic carbocycles. The molecule has 1 heterocycles. The molecule has 0 fully saturated rings. The van der Waals surface area contributed by atoms with Gasteiger partial charge in [-0.15, -0.1) is 0 Å². The molecule has 0 saturated heterocycles. The highest BCUT2D eigenvalue weighted by Gasteiger charge is 2.19. The van der Waals surface area contributed by atoms with Crippen LogP contribution in [0.1, 0.15) is 21.5 Å². The first-order valence-corrected chi connectivity index (χ1v) is 9.23. The van der Waals surface area contributed by atoms with Gasteiger partial charge in [-0.1, -0.05) is 72.8 Å². The number of aromatic nitrogens is 2. The Morgan fingerprint density at radius 1 is 0.931 bits per heavy atom. The summed E-state index contributed by atoms with van der Waals surface area (Å²) >= 11 is 0. The summed E-state index contributed by atoms with van der Waals surface area (Å²) in [4.78, 5) is 13.2. The van der Waals surface area contributed by atoms with Crippen LogP contribution in [0.25, 0.3) is 11.3 Å². The van der Waals surface area contributed by atoms with Crippen LogP contribution in [0, 0.1) is 11.3 Å². The summed E-state index contributed by atoms with van der Waals surface area (Å²) in [5, 5.41) is 17.2. The lowest BCUT2D eigenvalue weighted by Gasteiger charge is -2.09. The summed E-state index contributed by atoms with van der Waals surface area (Å²) in [6.07, 6.45) is 0. The van der Waals surface area contributed by atoms with E-state index < -0.39 is 0 Å². The fourth-order valence-corrected chi connectivity index (χ4v) is 3.08. The summed E-state index contributed by atoms with van der Waals surface area (Å²) in [5.41, 5.74) is 3.33. The highest BCUT2D eigenvalue weighted by Crippen LogP contribution is 2.24. The molecule has 0 aliphatic rings. The minimum absolute atomic E-state index is 0.320. The standard InChI is InChI=1S/C24H18N4O/c25-16-20-13-7-8-14-21(20)24(29)28-23(26-17-18-9-3-1-4-10-18)15-22(27-28)19-11-5-2-6-12-19/h1-15,26H,17H2. The van der Waals surface area contributed by atoms with E-state index in [0.717, 1.165) is 11.1 Å². The van der Waals surface area contributed by atoms with E-state index in [1.165, 1.54) is 4.68 Å². The van der Waals surface area contributed by atoms with Crippen molar-refractivity contribution in [2.75, 3.05) is 5.32 Å². The van der Waals surface area contributed by atoms with Crippen LogP contribution in [0.3, 0.4) is 0 Å². The molecule has 5 nitrogen and oxygen atoms in total. The van der Waals surface area contributed by atoms with Crippen LogP contribution in [0.5, 0.6) is 0 Å². The minimum Gasteiger partial charge on any atom is -0.366 e. The maximum absolute atomic E-state index is 13.2. The van der Waals surface area contributed by atoms with Gasteiger partial charge in [-0.05, 0) is 17.7 Å². The second-order valence-corrected chi connectivity index (χ2v) is 6.49. The van der Waals surface area contributed by atoms with Gasteiger partial charge < -0.3 is 5.32 Å². The molecular formula is C24H18N4O. The maximum atomic E-state index is 13.2. The molecule has 4 rings (SSSR count). The fourth-order valence-electron chi connectivity index (χ4n) is 3.08. The van der Waals surface area contributed by atoms with Crippen LogP contribution in [0.4, 0.5) is 5.82 Å². The predicted octanol–water partition coefficient (Wildman–Crippen LogP) is 4.72. The van der Waals surface area contributed by atoms with Crippen LogP contribution >= 0.6 is 0 Å². The summed E-state index contributed by atoms with van der Waals surface area (Å²) in [6.45, 7) is 0.550. The SMILES string of the molecule is N#Cc1ccccc1C(=O)n1nc(-c2ccccc2)cc1NCc1ccccc1. The van der Waals surface area contributed by atoms with Crippen molar-refractivity contribution in [2.45, 2.75) is 6.54 Å². The number of hydrogen-bond acceptors (Lipinski definition) is 4. The Bertz CT molecular complexity index is 1170. The van der Waals surface area contributed by atoms with E-state index in [-0.39, 0.29) is 5.91 Å². The van der Waals surface area contributed by atoms with Gasteiger partial charge in [0.05, 0.1) is 22.9 Å². The predicted molar refractivity (Wildman–Crippen MR) is 112 cm³/mol. The topological polar surface area (TPSA) is 70.7 Å². The van der Waals surface area contributed by atoms with Gasteiger partial charge in [-0.25, -0.2) is 0 Å². The van der Waals surface area contributed by atoms with E-state index in [1.54, 1.807) is 24.3 Å². The van der Waals surface area contributed by atoms with Crippen LogP contribution < -0.4 is 5.32 Å². The van der Waals surface area contributed by atoms with E-state index >= 15 is 0 Å². The molecule has 0 aliphatic heterocycles. The first kappa shape index (κ1) is 18.2. The molecule has 5 heteroatoms. The Balaban J connectivity index is 1.73. The third kappa shape index (κ3) is 3.92. The van der Waals surface area contributed by atoms with Gasteiger partial charge in [0.1, 0.15) is 5.82 Å². The smallest absolute Gasteiger partial charge is 0.281 e. The molecule has 1 aromatic heterocycles. The second-order valence-electron chi connectivity index (χ2n) is 6.49. The largest absolute Gasteiger partial charge is 0.366 e. The van der Waals surface area contributed by atoms with Crippen molar-refractivity contribution >= 4 is 11.7 Å². The van der Waals surface area contributed by atoms with Gasteiger partial charge in [-0.3, -0.25) is 4.79 Å². The van der Waals surface area contributed by atoms with Crippen LogP contribution in [0.2, 0.25) is 0 Å². The molecule has 0 bridgehead atoms. The van der Waals surface area contributed by atoms with Crippen LogP contribution in [-0.2, 0) is 6.54 Å². The number of nitrogens with zero attached hydrogens (tertiary/aromatic N) is 3. The van der Waals surface area contributed by atoms with Crippen molar-refractivity contribution in [3.05, 3.63) is 108 Å². The molecule has 4 aromatic rings. The van der Waals surface area contributed by atoms with E-state index in [2.05, 4.69) is 16.5 Å². The molecule has 0 aliphatic carbocycles. The Hall–Kier alpha value is -4.17. The van der Waals surface area contributed by atoms with E-state index in [4.69, 9.17) is 0 Å². The number of nitriles is 1. The lowest BCUT2D eigenvalue weighted by molar-refractivity contribution is 0.0947. The van der Waals surface area contributed by atoms with Crippen molar-refractivity contribution < 1.29 is 4.79 Å². The number of rotatable bonds is 5. The number of benzene rings is 3. The van der Waals surface area contributed by atoms with Crippen molar-refractivity contribution in [1.29, 1.82) is 5.26 Å². The lowest BCUT2D eigenvalue weighted by Crippen LogP contribution is -2.18. The minimum atomic E-state index is -0.347. The zero-order valence-corrected chi connectivity index (χ0v) is 15.6. The Morgan fingerprint density at radius 2 is 1.59 bits per heavy atom. The molecular weight excluding hydrogens is 360 g/mol. The van der Waals surface area contributed by atoms with Gasteiger partial charge in [0.15, 0.2) is 0 Å². The average molecular weight is 378 g/mol. The Kier molecular flexibility index (Phi) is 5.17. The highest BCUT2D eigenvalue weighted by molar-refractivity contribution is 5.99. The number of nitrogens with one attached hydrogen (secondary N) is 1. The molecule has 0 radical (unpaired) electrons. The molecule has 0 amide bonds. The monoisotopic (exact) mass is 378 g/mol. The Morgan fingerprint density at radius 3 is 2.31 bits per heavy atom. The number of carbonyl (C=O) groups is 1. The zero-order chi connectivity index (χ0) is 20.1. The second kappa shape index (κ2) is 8.24. The highest BCUT2D eigenvalue weighted by atomic mass is 16.2. The molecule has 29 heavy (non-hydrogen) atoms. The van der Waals surface area contributed by atoms with Gasteiger partial charge >= 0.3 is 0 Å². The Labute approximate surface area is 168 Å². The van der Waals surface area contributed by atoms with Crippen molar-refractivity contribution in [2.24, 2.45) is 0 Å². The van der Waals surface area contributed by atoms with Gasteiger partial charge in [-0.2, -0.15) is 15.0 Å². The number of carbonyl (C=O) groups excluding carboxylic acids is 1. The van der Waals surface area contributed by atoms with Gasteiger partial charge in [0.2, 0.25) is 0 Å². The average Bonchev–Trinajstić information content (AvgIpc) is 3.23. The first-order valence-electron chi connectivity index (χ1n) is 9.23. The maximum Gasteiger partial charge on any atom is 0.281 e. The first-order chi connectivity index (χ1) is 14.3. The molecule has 140 valence electrons. The third-order valence-corrected chi connectivity index (χ3v) is 4.57. The van der Waals surface area contributed by atoms with Crippen LogP contribution in [-0.4, -0.2) is 15.7 Å². The molecule has 0 unspecified atom stereocenters. The quantitative estimate of drug-likeness (QED) is 0.545. The number of anilines is 1. The molecule has 1 N–H and O–H groups in total. The third-order valence-electron chi connectivity index (χ3n) is 4.57. The van der Waals surface area contributed by atoms with Gasteiger partial charge in [0.25, 0.3) is 5.91 Å². The molecule has 0 saturated carbocycles. The molecule has 0 atom stereocenters. The zero-order valence-electron chi connectivity index (χ0n) is 15.6. The van der Waals surface area contributed by atoms with Gasteiger partial charge in [0, 0.05) is 18.2 Å². The summed E-state index contributed by atoms with van der Waals surface area (Å²) < 4.78 is 1.33. The van der Waals surface area contributed by atoms with Crippen molar-refractivity contribution in [3.63, 3.8) is 0 Å². The van der Waals surface area contributed by atoms with Crippen molar-refractivity contribution in [3.8, 4) is 17.3 Å². The summed E-state index contributed by atoms with van der Waals surface area (Å²) in [7, 11) is 0. The van der Waals surface area contributed by atoms with E-state index in [9.17, 15) is 10.1 Å². The van der Waals surface area contributed by atoms with Crippen molar-refractivity contribution in [1.82, 2.24) is 9.78 Å². The van der Waals surface area contributed by atoms with Crippen LogP contribution in [0.15, 0.2) is 91.0 Å². The molecule has 0 spiro atoms. The summed E-state index contributed by atoms with van der Waals surface area (Å²) in [5.74, 6) is 0.227. The summed E-state index contributed by atoms with van der Waals surface area (Å²) in [6, 6.07) is 30.3. The fraction of sp³-hybridized carbons (Fsp3) is 0.0417.